The summed E-state index contributed by atoms with van der Waals surface area (Å²) in [6.07, 6.45) is 3.53. The van der Waals surface area contributed by atoms with Crippen LogP contribution in [0.5, 0.6) is 10.9 Å². The second-order valence-corrected chi connectivity index (χ2v) is 8.91. The quantitative estimate of drug-likeness (QED) is 0.520. The minimum absolute atomic E-state index is 0.147. The summed E-state index contributed by atoms with van der Waals surface area (Å²) in [6.45, 7) is 2.93. The summed E-state index contributed by atoms with van der Waals surface area (Å²) < 4.78 is 22.5. The molecule has 3 atom stereocenters. The van der Waals surface area contributed by atoms with E-state index in [0.29, 0.717) is 46.0 Å². The summed E-state index contributed by atoms with van der Waals surface area (Å²) in [6, 6.07) is 3.43. The fraction of sp³-hybridized carbons (Fsp3) is 0.381. The summed E-state index contributed by atoms with van der Waals surface area (Å²) in [5.74, 6) is 0.262. The Morgan fingerprint density at radius 2 is 2.09 bits per heavy atom. The second kappa shape index (κ2) is 9.18. The van der Waals surface area contributed by atoms with E-state index in [1.165, 1.54) is 19.5 Å². The molecule has 12 heteroatoms. The van der Waals surface area contributed by atoms with Crippen molar-refractivity contribution in [3.8, 4) is 22.1 Å². The van der Waals surface area contributed by atoms with E-state index >= 15 is 0 Å². The molecular weight excluding hydrogens is 470 g/mol. The first-order chi connectivity index (χ1) is 16.0. The van der Waals surface area contributed by atoms with Crippen LogP contribution in [0.3, 0.4) is 0 Å². The highest BCUT2D eigenvalue weighted by atomic mass is 35.5. The fourth-order valence-electron chi connectivity index (χ4n) is 3.90. The van der Waals surface area contributed by atoms with E-state index in [9.17, 15) is 4.79 Å². The molecule has 0 aromatic carbocycles. The molecule has 0 saturated carbocycles. The standard InChI is InChI=1S/C21H20ClN5O5S/c1-10-5-12(13-6-17(22)24-8-15(13)29-2)14(7-23-10)18(28)25-20-26-27-21(33-20)32-16-9-31-19-11(16)3-4-30-19/h5-8,11,16,19H,3-4,9H2,1-2H3,(H,25,26,28). The first-order valence-electron chi connectivity index (χ1n) is 10.2. The number of nitrogens with zero attached hydrogens (tertiary/aromatic N) is 4. The first kappa shape index (κ1) is 22.0. The summed E-state index contributed by atoms with van der Waals surface area (Å²) >= 11 is 7.24. The van der Waals surface area contributed by atoms with Crippen molar-refractivity contribution >= 4 is 34.0 Å². The number of methoxy groups -OCH3 is 1. The van der Waals surface area contributed by atoms with Crippen LogP contribution < -0.4 is 14.8 Å². The molecule has 2 saturated heterocycles. The second-order valence-electron chi connectivity index (χ2n) is 7.59. The van der Waals surface area contributed by atoms with Crippen molar-refractivity contribution in [2.45, 2.75) is 25.7 Å². The van der Waals surface area contributed by atoms with Crippen molar-refractivity contribution in [1.82, 2.24) is 20.2 Å². The van der Waals surface area contributed by atoms with Crippen LogP contribution in [0.4, 0.5) is 5.13 Å². The molecule has 5 heterocycles. The maximum atomic E-state index is 13.1. The third-order valence-corrected chi connectivity index (χ3v) is 6.43. The smallest absolute Gasteiger partial charge is 0.296 e. The van der Waals surface area contributed by atoms with Gasteiger partial charge in [-0.2, -0.15) is 0 Å². The van der Waals surface area contributed by atoms with Crippen LogP contribution in [0.25, 0.3) is 11.1 Å². The van der Waals surface area contributed by atoms with E-state index < -0.39 is 5.91 Å². The van der Waals surface area contributed by atoms with Crippen molar-refractivity contribution in [2.24, 2.45) is 5.92 Å². The molecular formula is C21H20ClN5O5S. The van der Waals surface area contributed by atoms with Crippen molar-refractivity contribution in [1.29, 1.82) is 0 Å². The van der Waals surface area contributed by atoms with Crippen molar-refractivity contribution < 1.29 is 23.7 Å². The van der Waals surface area contributed by atoms with Gasteiger partial charge in [-0.3, -0.25) is 15.1 Å². The van der Waals surface area contributed by atoms with Crippen LogP contribution >= 0.6 is 22.9 Å². The number of carbonyl (C=O) groups is 1. The highest BCUT2D eigenvalue weighted by molar-refractivity contribution is 7.17. The van der Waals surface area contributed by atoms with Crippen LogP contribution in [0.15, 0.2) is 24.5 Å². The number of halogens is 1. The molecule has 1 N–H and O–H groups in total. The Morgan fingerprint density at radius 3 is 2.94 bits per heavy atom. The number of aromatic nitrogens is 4. The fourth-order valence-corrected chi connectivity index (χ4v) is 4.71. The van der Waals surface area contributed by atoms with Gasteiger partial charge < -0.3 is 18.9 Å². The maximum Gasteiger partial charge on any atom is 0.296 e. The Balaban J connectivity index is 1.35. The van der Waals surface area contributed by atoms with Crippen molar-refractivity contribution in [2.75, 3.05) is 25.6 Å². The number of carbonyl (C=O) groups excluding carboxylic acids is 1. The average molecular weight is 490 g/mol. The van der Waals surface area contributed by atoms with E-state index in [0.717, 1.165) is 23.5 Å². The van der Waals surface area contributed by atoms with Gasteiger partial charge in [-0.25, -0.2) is 4.98 Å². The molecule has 10 nitrogen and oxygen atoms in total. The molecule has 3 unspecified atom stereocenters. The number of rotatable bonds is 6. The van der Waals surface area contributed by atoms with E-state index in [1.54, 1.807) is 12.1 Å². The number of anilines is 1. The molecule has 0 bridgehead atoms. The summed E-state index contributed by atoms with van der Waals surface area (Å²) in [5, 5.41) is 11.8. The molecule has 2 aliphatic heterocycles. The van der Waals surface area contributed by atoms with Gasteiger partial charge in [-0.15, -0.1) is 5.10 Å². The lowest BCUT2D eigenvalue weighted by Crippen LogP contribution is -2.26. The van der Waals surface area contributed by atoms with Crippen LogP contribution in [-0.4, -0.2) is 58.8 Å². The number of aryl methyl sites for hydroxylation is 1. The van der Waals surface area contributed by atoms with Crippen LogP contribution in [0.2, 0.25) is 5.15 Å². The van der Waals surface area contributed by atoms with Gasteiger partial charge >= 0.3 is 0 Å². The van der Waals surface area contributed by atoms with Crippen LogP contribution in [-0.2, 0) is 9.47 Å². The zero-order valence-electron chi connectivity index (χ0n) is 17.8. The molecule has 1 amide bonds. The van der Waals surface area contributed by atoms with Gasteiger partial charge in [0, 0.05) is 23.0 Å². The molecule has 2 fully saturated rings. The topological polar surface area (TPSA) is 118 Å². The molecule has 172 valence electrons. The number of amides is 1. The number of ether oxygens (including phenoxy) is 4. The largest absolute Gasteiger partial charge is 0.494 e. The van der Waals surface area contributed by atoms with Gasteiger partial charge in [0.1, 0.15) is 17.0 Å². The number of hydrogen-bond donors (Lipinski definition) is 1. The summed E-state index contributed by atoms with van der Waals surface area (Å²) in [4.78, 5) is 21.4. The predicted octanol–water partition coefficient (Wildman–Crippen LogP) is 3.36. The van der Waals surface area contributed by atoms with Gasteiger partial charge in [0.15, 0.2) is 6.29 Å². The maximum absolute atomic E-state index is 13.1. The SMILES string of the molecule is COc1cnc(Cl)cc1-c1cc(C)ncc1C(=O)Nc1nnc(OC2COC3OCCC23)s1. The molecule has 3 aromatic heterocycles. The van der Waals surface area contributed by atoms with Gasteiger partial charge in [-0.05, 0) is 36.8 Å². The molecule has 33 heavy (non-hydrogen) atoms. The number of hydrogen-bond acceptors (Lipinski definition) is 10. The predicted molar refractivity (Wildman–Crippen MR) is 120 cm³/mol. The minimum atomic E-state index is -0.399. The van der Waals surface area contributed by atoms with E-state index in [2.05, 4.69) is 25.5 Å². The van der Waals surface area contributed by atoms with Crippen LogP contribution in [0, 0.1) is 12.8 Å². The van der Waals surface area contributed by atoms with Gasteiger partial charge in [-0.1, -0.05) is 16.7 Å². The molecule has 0 aliphatic carbocycles. The lowest BCUT2D eigenvalue weighted by atomic mass is 10.0. The van der Waals surface area contributed by atoms with Gasteiger partial charge in [0.05, 0.1) is 38.0 Å². The molecule has 2 aliphatic rings. The Morgan fingerprint density at radius 1 is 1.21 bits per heavy atom. The Kier molecular flexibility index (Phi) is 6.11. The number of nitrogens with one attached hydrogen (secondary N) is 1. The monoisotopic (exact) mass is 489 g/mol. The minimum Gasteiger partial charge on any atom is -0.494 e. The highest BCUT2D eigenvalue weighted by Crippen LogP contribution is 2.36. The Labute approximate surface area is 198 Å². The summed E-state index contributed by atoms with van der Waals surface area (Å²) in [7, 11) is 1.53. The third kappa shape index (κ3) is 4.49. The average Bonchev–Trinajstić information content (AvgIpc) is 3.53. The molecule has 3 aromatic rings. The number of pyridine rings is 2. The lowest BCUT2D eigenvalue weighted by Gasteiger charge is -2.14. The number of fused-ring (bicyclic) bond motifs is 1. The zero-order valence-corrected chi connectivity index (χ0v) is 19.4. The lowest BCUT2D eigenvalue weighted by molar-refractivity contribution is -0.0906. The zero-order chi connectivity index (χ0) is 22.9. The molecule has 0 radical (unpaired) electrons. The van der Waals surface area contributed by atoms with E-state index in [-0.39, 0.29) is 23.5 Å². The van der Waals surface area contributed by atoms with Crippen molar-refractivity contribution in [3.05, 3.63) is 40.9 Å². The molecule has 0 spiro atoms. The normalized spacial score (nSPS) is 21.6. The van der Waals surface area contributed by atoms with E-state index in [4.69, 9.17) is 30.5 Å². The Hall–Kier alpha value is -2.86. The highest BCUT2D eigenvalue weighted by Gasteiger charge is 2.43. The first-order valence-corrected chi connectivity index (χ1v) is 11.4. The Bertz CT molecular complexity index is 1190. The third-order valence-electron chi connectivity index (χ3n) is 5.49. The summed E-state index contributed by atoms with van der Waals surface area (Å²) in [5.41, 5.74) is 2.30. The van der Waals surface area contributed by atoms with Crippen LogP contribution in [0.1, 0.15) is 22.5 Å². The van der Waals surface area contributed by atoms with Gasteiger partial charge in [0.25, 0.3) is 11.1 Å². The van der Waals surface area contributed by atoms with Gasteiger partial charge in [0.2, 0.25) is 5.13 Å². The molecule has 5 rings (SSSR count). The van der Waals surface area contributed by atoms with E-state index in [1.807, 2.05) is 6.92 Å². The van der Waals surface area contributed by atoms with Crippen molar-refractivity contribution in [3.63, 3.8) is 0 Å².